The number of hydrogen-bond acceptors (Lipinski definition) is 3. The van der Waals surface area contributed by atoms with Gasteiger partial charge < -0.3 is 9.64 Å². The molecule has 2 rings (SSSR count). The van der Waals surface area contributed by atoms with Crippen LogP contribution in [0.25, 0.3) is 0 Å². The molecular formula is C19H26F4N2O2. The van der Waals surface area contributed by atoms with Crippen molar-refractivity contribution < 1.29 is 27.1 Å². The summed E-state index contributed by atoms with van der Waals surface area (Å²) >= 11 is 0. The van der Waals surface area contributed by atoms with E-state index in [9.17, 15) is 22.4 Å². The molecule has 27 heavy (non-hydrogen) atoms. The number of hydrogen-bond donors (Lipinski definition) is 0. The molecule has 1 heterocycles. The lowest BCUT2D eigenvalue weighted by molar-refractivity contribution is -0.164. The molecule has 8 heteroatoms. The van der Waals surface area contributed by atoms with Crippen LogP contribution in [0.2, 0.25) is 0 Å². The van der Waals surface area contributed by atoms with Crippen LogP contribution in [0, 0.1) is 17.7 Å². The Kier molecular flexibility index (Phi) is 7.08. The molecule has 1 aromatic carbocycles. The van der Waals surface area contributed by atoms with Gasteiger partial charge in [0, 0.05) is 38.3 Å². The lowest BCUT2D eigenvalue weighted by Crippen LogP contribution is -2.54. The fourth-order valence-electron chi connectivity index (χ4n) is 2.91. The van der Waals surface area contributed by atoms with Gasteiger partial charge in [-0.25, -0.2) is 4.39 Å². The van der Waals surface area contributed by atoms with Gasteiger partial charge in [0.25, 0.3) is 0 Å². The van der Waals surface area contributed by atoms with Gasteiger partial charge in [0.2, 0.25) is 5.91 Å². The lowest BCUT2D eigenvalue weighted by Gasteiger charge is -2.40. The summed E-state index contributed by atoms with van der Waals surface area (Å²) in [6.45, 7) is 4.40. The predicted molar refractivity (Wildman–Crippen MR) is 93.8 cm³/mol. The number of likely N-dealkylation sites (tertiary alicyclic amines) is 1. The molecule has 1 aromatic rings. The third kappa shape index (κ3) is 6.68. The standard InChI is InChI=1S/C19H26F4N2O2/c1-13(2)6-7-27-16-5-4-14(17(20)8-16)9-25-10-15(11-25)18(26)24(3)12-19(21,22)23/h4-5,8,13,15H,6-7,9-12H2,1-3H3. The van der Waals surface area contributed by atoms with Crippen LogP contribution in [0.1, 0.15) is 25.8 Å². The molecule has 0 spiro atoms. The van der Waals surface area contributed by atoms with E-state index in [1.807, 2.05) is 4.90 Å². The van der Waals surface area contributed by atoms with E-state index in [4.69, 9.17) is 4.74 Å². The van der Waals surface area contributed by atoms with E-state index in [-0.39, 0.29) is 5.82 Å². The van der Waals surface area contributed by atoms with Gasteiger partial charge in [-0.15, -0.1) is 0 Å². The molecule has 0 aliphatic carbocycles. The first-order valence-electron chi connectivity index (χ1n) is 9.00. The molecule has 0 aromatic heterocycles. The van der Waals surface area contributed by atoms with Crippen LogP contribution < -0.4 is 4.74 Å². The molecule has 1 amide bonds. The number of rotatable bonds is 8. The summed E-state index contributed by atoms with van der Waals surface area (Å²) in [5.74, 6) is -0.410. The van der Waals surface area contributed by atoms with Crippen molar-refractivity contribution in [1.82, 2.24) is 9.80 Å². The largest absolute Gasteiger partial charge is 0.493 e. The Balaban J connectivity index is 1.80. The highest BCUT2D eigenvalue weighted by atomic mass is 19.4. The Morgan fingerprint density at radius 3 is 2.56 bits per heavy atom. The molecule has 0 saturated carbocycles. The second kappa shape index (κ2) is 8.91. The van der Waals surface area contributed by atoms with E-state index in [1.165, 1.54) is 6.07 Å². The van der Waals surface area contributed by atoms with Crippen molar-refractivity contribution in [2.75, 3.05) is 33.3 Å². The first-order valence-corrected chi connectivity index (χ1v) is 9.00. The van der Waals surface area contributed by atoms with Crippen molar-refractivity contribution in [3.63, 3.8) is 0 Å². The van der Waals surface area contributed by atoms with Gasteiger partial charge in [0.1, 0.15) is 18.1 Å². The highest BCUT2D eigenvalue weighted by molar-refractivity contribution is 5.80. The quantitative estimate of drug-likeness (QED) is 0.635. The van der Waals surface area contributed by atoms with Gasteiger partial charge in [-0.05, 0) is 18.4 Å². The normalized spacial score (nSPS) is 15.7. The smallest absolute Gasteiger partial charge is 0.406 e. The molecule has 0 N–H and O–H groups in total. The van der Waals surface area contributed by atoms with Crippen LogP contribution in [0.3, 0.4) is 0 Å². The van der Waals surface area contributed by atoms with E-state index < -0.39 is 24.5 Å². The Bertz CT molecular complexity index is 643. The number of benzene rings is 1. The zero-order valence-corrected chi connectivity index (χ0v) is 15.9. The Hall–Kier alpha value is -1.83. The maximum Gasteiger partial charge on any atom is 0.406 e. The van der Waals surface area contributed by atoms with Gasteiger partial charge in [0.05, 0.1) is 12.5 Å². The molecule has 1 fully saturated rings. The van der Waals surface area contributed by atoms with E-state index in [0.717, 1.165) is 13.5 Å². The third-order valence-electron chi connectivity index (χ3n) is 4.48. The number of ether oxygens (including phenoxy) is 1. The SMILES string of the molecule is CC(C)CCOc1ccc(CN2CC(C(=O)N(C)CC(F)(F)F)C2)c(F)c1. The van der Waals surface area contributed by atoms with Crippen LogP contribution in [0.4, 0.5) is 17.6 Å². The van der Waals surface area contributed by atoms with Gasteiger partial charge in [-0.2, -0.15) is 13.2 Å². The van der Waals surface area contributed by atoms with Crippen molar-refractivity contribution in [3.05, 3.63) is 29.6 Å². The van der Waals surface area contributed by atoms with E-state index in [2.05, 4.69) is 13.8 Å². The monoisotopic (exact) mass is 390 g/mol. The molecule has 1 saturated heterocycles. The summed E-state index contributed by atoms with van der Waals surface area (Å²) in [6.07, 6.45) is -3.52. The van der Waals surface area contributed by atoms with E-state index in [1.54, 1.807) is 12.1 Å². The maximum atomic E-state index is 14.2. The van der Waals surface area contributed by atoms with Crippen LogP contribution in [-0.2, 0) is 11.3 Å². The fraction of sp³-hybridized carbons (Fsp3) is 0.632. The summed E-state index contributed by atoms with van der Waals surface area (Å²) in [7, 11) is 1.15. The second-order valence-corrected chi connectivity index (χ2v) is 7.48. The van der Waals surface area contributed by atoms with Crippen LogP contribution in [0.15, 0.2) is 18.2 Å². The van der Waals surface area contributed by atoms with Crippen molar-refractivity contribution in [2.45, 2.75) is 33.0 Å². The minimum absolute atomic E-state index is 0.310. The van der Waals surface area contributed by atoms with Crippen molar-refractivity contribution in [3.8, 4) is 5.75 Å². The number of alkyl halides is 3. The molecule has 1 aliphatic rings. The summed E-state index contributed by atoms with van der Waals surface area (Å²) in [4.78, 5) is 14.5. The summed E-state index contributed by atoms with van der Waals surface area (Å²) in [5, 5.41) is 0. The van der Waals surface area contributed by atoms with Gasteiger partial charge in [-0.1, -0.05) is 19.9 Å². The highest BCUT2D eigenvalue weighted by Crippen LogP contribution is 2.25. The Morgan fingerprint density at radius 2 is 2.00 bits per heavy atom. The van der Waals surface area contributed by atoms with Crippen molar-refractivity contribution >= 4 is 5.91 Å². The molecule has 4 nitrogen and oxygen atoms in total. The topological polar surface area (TPSA) is 32.8 Å². The number of nitrogens with zero attached hydrogens (tertiary/aromatic N) is 2. The average molecular weight is 390 g/mol. The average Bonchev–Trinajstić information content (AvgIpc) is 2.49. The third-order valence-corrected chi connectivity index (χ3v) is 4.48. The maximum absolute atomic E-state index is 14.2. The minimum atomic E-state index is -4.41. The molecule has 0 unspecified atom stereocenters. The summed E-state index contributed by atoms with van der Waals surface area (Å²) in [6, 6.07) is 4.69. The minimum Gasteiger partial charge on any atom is -0.493 e. The van der Waals surface area contributed by atoms with Crippen LogP contribution in [0.5, 0.6) is 5.75 Å². The number of halogens is 4. The Morgan fingerprint density at radius 1 is 1.33 bits per heavy atom. The number of amides is 1. The summed E-state index contributed by atoms with van der Waals surface area (Å²) < 4.78 is 56.8. The van der Waals surface area contributed by atoms with Gasteiger partial charge in [0.15, 0.2) is 0 Å². The zero-order valence-electron chi connectivity index (χ0n) is 15.9. The Labute approximate surface area is 157 Å². The van der Waals surface area contributed by atoms with Crippen molar-refractivity contribution in [1.29, 1.82) is 0 Å². The molecule has 0 radical (unpaired) electrons. The molecule has 0 bridgehead atoms. The molecular weight excluding hydrogens is 364 g/mol. The summed E-state index contributed by atoms with van der Waals surface area (Å²) in [5.41, 5.74) is 0.473. The van der Waals surface area contributed by atoms with Gasteiger partial charge >= 0.3 is 6.18 Å². The van der Waals surface area contributed by atoms with Gasteiger partial charge in [-0.3, -0.25) is 9.69 Å². The van der Waals surface area contributed by atoms with Crippen molar-refractivity contribution in [2.24, 2.45) is 11.8 Å². The number of carbonyl (C=O) groups excluding carboxylic acids is 1. The van der Waals surface area contributed by atoms with E-state index in [0.29, 0.717) is 48.4 Å². The molecule has 0 atom stereocenters. The fourth-order valence-corrected chi connectivity index (χ4v) is 2.91. The zero-order chi connectivity index (χ0) is 20.2. The lowest BCUT2D eigenvalue weighted by atomic mass is 9.97. The van der Waals surface area contributed by atoms with Crippen LogP contribution in [-0.4, -0.2) is 55.2 Å². The predicted octanol–water partition coefficient (Wildman–Crippen LogP) is 3.70. The first-order chi connectivity index (χ1) is 12.5. The molecule has 152 valence electrons. The second-order valence-electron chi connectivity index (χ2n) is 7.48. The number of carbonyl (C=O) groups is 1. The highest BCUT2D eigenvalue weighted by Gasteiger charge is 2.38. The van der Waals surface area contributed by atoms with Crippen LogP contribution >= 0.6 is 0 Å². The molecule has 1 aliphatic heterocycles. The van der Waals surface area contributed by atoms with E-state index >= 15 is 0 Å². The first kappa shape index (κ1) is 21.5.